The fraction of sp³-hybridized carbons (Fsp3) is 0. The molecule has 1 aliphatic heterocycles. The number of nitrogens with one attached hydrogen (secondary N) is 2. The average molecular weight is 339 g/mol. The van der Waals surface area contributed by atoms with E-state index in [1.54, 1.807) is 6.07 Å². The van der Waals surface area contributed by atoms with Crippen molar-refractivity contribution < 1.29 is 9.38 Å². The molecule has 5 rings (SSSR count). The van der Waals surface area contributed by atoms with Gasteiger partial charge in [0.15, 0.2) is 6.21 Å². The first-order valence-corrected chi connectivity index (χ1v) is 8.58. The minimum Gasteiger partial charge on any atom is -0.361 e. The van der Waals surface area contributed by atoms with E-state index < -0.39 is 0 Å². The van der Waals surface area contributed by atoms with E-state index in [2.05, 4.69) is 22.1 Å². The highest BCUT2D eigenvalue weighted by Gasteiger charge is 2.25. The standard InChI is InChI=1S/C23H15FN2/c24-20-10-4-1-9-17(20)23(18-13-25-21-11-5-2-7-15(18)21)19-14-26-22-12-6-3-8-16(19)22/h1-14,25H/p+1. The van der Waals surface area contributed by atoms with Crippen molar-refractivity contribution in [2.75, 3.05) is 0 Å². The van der Waals surface area contributed by atoms with Crippen molar-refractivity contribution >= 4 is 34.0 Å². The average Bonchev–Trinajstić information content (AvgIpc) is 3.29. The number of H-pyrrole nitrogens is 1. The normalized spacial score (nSPS) is 14.7. The Labute approximate surface area is 150 Å². The molecule has 124 valence electrons. The monoisotopic (exact) mass is 339 g/mol. The molecule has 0 atom stereocenters. The van der Waals surface area contributed by atoms with Gasteiger partial charge in [-0.05, 0) is 18.2 Å². The molecule has 0 bridgehead atoms. The lowest BCUT2D eigenvalue weighted by Gasteiger charge is -2.11. The van der Waals surface area contributed by atoms with Crippen LogP contribution < -0.4 is 4.99 Å². The first-order chi connectivity index (χ1) is 12.8. The van der Waals surface area contributed by atoms with Crippen molar-refractivity contribution in [2.24, 2.45) is 0 Å². The second-order valence-electron chi connectivity index (χ2n) is 6.35. The molecule has 0 saturated carbocycles. The number of benzene rings is 3. The quantitative estimate of drug-likeness (QED) is 0.552. The van der Waals surface area contributed by atoms with Gasteiger partial charge in [0.25, 0.3) is 0 Å². The van der Waals surface area contributed by atoms with Crippen molar-refractivity contribution in [1.29, 1.82) is 0 Å². The molecular weight excluding hydrogens is 323 g/mol. The molecule has 0 aliphatic carbocycles. The predicted octanol–water partition coefficient (Wildman–Crippen LogP) is 4.06. The molecule has 0 fully saturated rings. The molecular formula is C23H16FN2+. The third kappa shape index (κ3) is 2.21. The van der Waals surface area contributed by atoms with Crippen molar-refractivity contribution in [2.45, 2.75) is 0 Å². The van der Waals surface area contributed by atoms with Crippen molar-refractivity contribution in [3.63, 3.8) is 0 Å². The van der Waals surface area contributed by atoms with Crippen molar-refractivity contribution in [1.82, 2.24) is 4.98 Å². The van der Waals surface area contributed by atoms with E-state index in [1.807, 2.05) is 60.9 Å². The van der Waals surface area contributed by atoms with Crippen LogP contribution >= 0.6 is 0 Å². The third-order valence-electron chi connectivity index (χ3n) is 4.86. The summed E-state index contributed by atoms with van der Waals surface area (Å²) in [5.74, 6) is -0.224. The van der Waals surface area contributed by atoms with E-state index in [0.717, 1.165) is 38.9 Å². The van der Waals surface area contributed by atoms with Gasteiger partial charge >= 0.3 is 0 Å². The molecule has 0 spiro atoms. The first kappa shape index (κ1) is 14.8. The third-order valence-corrected chi connectivity index (χ3v) is 4.86. The zero-order valence-corrected chi connectivity index (χ0v) is 14.0. The van der Waals surface area contributed by atoms with Gasteiger partial charge in [0.05, 0.1) is 11.1 Å². The Bertz CT molecular complexity index is 1200. The Morgan fingerprint density at radius 3 is 2.50 bits per heavy atom. The Balaban J connectivity index is 1.88. The molecule has 26 heavy (non-hydrogen) atoms. The van der Waals surface area contributed by atoms with E-state index in [4.69, 9.17) is 0 Å². The fourth-order valence-corrected chi connectivity index (χ4v) is 3.66. The number of para-hydroxylation sites is 2. The Hall–Kier alpha value is -3.46. The molecule has 0 radical (unpaired) electrons. The number of hydrogen-bond donors (Lipinski definition) is 2. The molecule has 2 heterocycles. The Kier molecular flexibility index (Phi) is 3.32. The summed E-state index contributed by atoms with van der Waals surface area (Å²) in [5.41, 5.74) is 6.63. The van der Waals surface area contributed by atoms with Crippen LogP contribution in [0.4, 0.5) is 10.1 Å². The van der Waals surface area contributed by atoms with E-state index >= 15 is 0 Å². The zero-order valence-electron chi connectivity index (χ0n) is 14.0. The lowest BCUT2D eigenvalue weighted by atomic mass is 9.90. The molecule has 2 N–H and O–H groups in total. The highest BCUT2D eigenvalue weighted by atomic mass is 19.1. The molecule has 0 saturated heterocycles. The van der Waals surface area contributed by atoms with Gasteiger partial charge in [-0.15, -0.1) is 0 Å². The summed E-state index contributed by atoms with van der Waals surface area (Å²) in [4.78, 5) is 6.63. The van der Waals surface area contributed by atoms with Crippen molar-refractivity contribution in [3.05, 3.63) is 102 Å². The van der Waals surface area contributed by atoms with E-state index in [1.165, 1.54) is 6.07 Å². The van der Waals surface area contributed by atoms with Gasteiger partial charge in [-0.1, -0.05) is 48.5 Å². The summed E-state index contributed by atoms with van der Waals surface area (Å²) in [6.45, 7) is 0. The fourth-order valence-electron chi connectivity index (χ4n) is 3.66. The number of aromatic nitrogens is 1. The van der Waals surface area contributed by atoms with Gasteiger partial charge in [0, 0.05) is 39.9 Å². The van der Waals surface area contributed by atoms with Gasteiger partial charge in [-0.3, -0.25) is 0 Å². The van der Waals surface area contributed by atoms with Gasteiger partial charge in [0.2, 0.25) is 5.69 Å². The van der Waals surface area contributed by atoms with Crippen LogP contribution in [0.2, 0.25) is 0 Å². The summed E-state index contributed by atoms with van der Waals surface area (Å²) >= 11 is 0. The summed E-state index contributed by atoms with van der Waals surface area (Å²) in [6.07, 6.45) is 3.93. The summed E-state index contributed by atoms with van der Waals surface area (Å²) in [5, 5.41) is 1.08. The van der Waals surface area contributed by atoms with Gasteiger partial charge in [-0.2, -0.15) is 0 Å². The number of aromatic amines is 1. The predicted molar refractivity (Wildman–Crippen MR) is 104 cm³/mol. The molecule has 0 unspecified atom stereocenters. The molecule has 4 aromatic rings. The van der Waals surface area contributed by atoms with Crippen LogP contribution in [0.5, 0.6) is 0 Å². The largest absolute Gasteiger partial charge is 0.361 e. The second kappa shape index (κ2) is 5.81. The van der Waals surface area contributed by atoms with Crippen LogP contribution in [0, 0.1) is 5.82 Å². The van der Waals surface area contributed by atoms with Gasteiger partial charge in [-0.25, -0.2) is 9.38 Å². The van der Waals surface area contributed by atoms with E-state index in [0.29, 0.717) is 5.56 Å². The Morgan fingerprint density at radius 1 is 0.808 bits per heavy atom. The lowest BCUT2D eigenvalue weighted by Crippen LogP contribution is -2.58. The van der Waals surface area contributed by atoms with E-state index in [9.17, 15) is 4.39 Å². The molecule has 3 heteroatoms. The molecule has 1 aliphatic rings. The SMILES string of the molecule is Fc1ccccc1C(=C1C=[NH+]c2ccccc21)c1c[nH]c2ccccc12. The Morgan fingerprint density at radius 2 is 1.58 bits per heavy atom. The maximum Gasteiger partial charge on any atom is 0.211 e. The number of allylic oxidation sites excluding steroid dienone is 1. The van der Waals surface area contributed by atoms with Gasteiger partial charge in [0.1, 0.15) is 5.82 Å². The minimum atomic E-state index is -0.224. The van der Waals surface area contributed by atoms with Crippen LogP contribution in [0.1, 0.15) is 16.7 Å². The highest BCUT2D eigenvalue weighted by Crippen LogP contribution is 2.38. The molecule has 1 aromatic heterocycles. The van der Waals surface area contributed by atoms with Crippen LogP contribution in [-0.2, 0) is 0 Å². The molecule has 0 amide bonds. The maximum atomic E-state index is 14.8. The van der Waals surface area contributed by atoms with Crippen LogP contribution in [-0.4, -0.2) is 11.2 Å². The number of halogens is 1. The van der Waals surface area contributed by atoms with Crippen LogP contribution in [0.25, 0.3) is 22.0 Å². The minimum absolute atomic E-state index is 0.224. The van der Waals surface area contributed by atoms with Crippen molar-refractivity contribution in [3.8, 4) is 0 Å². The number of rotatable bonds is 2. The number of fused-ring (bicyclic) bond motifs is 2. The van der Waals surface area contributed by atoms with Crippen LogP contribution in [0.15, 0.2) is 79.0 Å². The smallest absolute Gasteiger partial charge is 0.211 e. The summed E-state index contributed by atoms with van der Waals surface area (Å²) in [6, 6.07) is 23.2. The summed E-state index contributed by atoms with van der Waals surface area (Å²) in [7, 11) is 0. The summed E-state index contributed by atoms with van der Waals surface area (Å²) < 4.78 is 14.8. The number of hydrogen-bond acceptors (Lipinski definition) is 0. The zero-order chi connectivity index (χ0) is 17.5. The molecule has 2 nitrogen and oxygen atoms in total. The second-order valence-corrected chi connectivity index (χ2v) is 6.35. The topological polar surface area (TPSA) is 29.8 Å². The maximum absolute atomic E-state index is 14.8. The van der Waals surface area contributed by atoms with Crippen LogP contribution in [0.3, 0.4) is 0 Å². The van der Waals surface area contributed by atoms with E-state index in [-0.39, 0.29) is 5.82 Å². The lowest BCUT2D eigenvalue weighted by molar-refractivity contribution is -0.342. The highest BCUT2D eigenvalue weighted by molar-refractivity contribution is 6.24. The van der Waals surface area contributed by atoms with Gasteiger partial charge < -0.3 is 4.98 Å². The first-order valence-electron chi connectivity index (χ1n) is 8.58. The molecule has 3 aromatic carbocycles.